The quantitative estimate of drug-likeness (QED) is 0.0149. The second-order valence-electron chi connectivity index (χ2n) is 21.2. The zero-order chi connectivity index (χ0) is 57.5. The molecule has 0 bridgehead atoms. The molecule has 1 amide bonds. The van der Waals surface area contributed by atoms with Gasteiger partial charge in [-0.3, -0.25) is 9.59 Å². The van der Waals surface area contributed by atoms with Gasteiger partial charge in [0.2, 0.25) is 5.91 Å². The molecule has 79 heavy (non-hydrogen) atoms. The molecular formula is C68H113NO10. The van der Waals surface area contributed by atoms with Crippen LogP contribution in [0.1, 0.15) is 233 Å². The third-order valence-corrected chi connectivity index (χ3v) is 14.0. The first-order chi connectivity index (χ1) is 38.7. The fraction of sp³-hybridized carbons (Fsp3) is 0.676. The van der Waals surface area contributed by atoms with Gasteiger partial charge in [0.25, 0.3) is 0 Å². The highest BCUT2D eigenvalue weighted by atomic mass is 16.7. The van der Waals surface area contributed by atoms with Crippen molar-refractivity contribution < 1.29 is 49.3 Å². The summed E-state index contributed by atoms with van der Waals surface area (Å²) in [5.74, 6) is -1.26. The first-order valence-corrected chi connectivity index (χ1v) is 31.4. The predicted molar refractivity (Wildman–Crippen MR) is 328 cm³/mol. The molecule has 1 fully saturated rings. The van der Waals surface area contributed by atoms with Crippen LogP contribution >= 0.6 is 0 Å². The molecule has 0 radical (unpaired) electrons. The summed E-state index contributed by atoms with van der Waals surface area (Å²) in [6.45, 7) is 5.57. The lowest BCUT2D eigenvalue weighted by atomic mass is 9.99. The second kappa shape index (κ2) is 54.6. The molecular weight excluding hydrogens is 991 g/mol. The smallest absolute Gasteiger partial charge is 0.306 e. The van der Waals surface area contributed by atoms with Crippen molar-refractivity contribution in [1.29, 1.82) is 0 Å². The van der Waals surface area contributed by atoms with Gasteiger partial charge in [0, 0.05) is 6.42 Å². The molecule has 0 aliphatic carbocycles. The van der Waals surface area contributed by atoms with Crippen LogP contribution in [0.2, 0.25) is 0 Å². The fourth-order valence-electron chi connectivity index (χ4n) is 9.01. The number of amides is 1. The number of aliphatic hydroxyl groups is 5. The van der Waals surface area contributed by atoms with Crippen LogP contribution in [-0.4, -0.2) is 99.6 Å². The van der Waals surface area contributed by atoms with Gasteiger partial charge >= 0.3 is 5.97 Å². The molecule has 11 nitrogen and oxygen atoms in total. The summed E-state index contributed by atoms with van der Waals surface area (Å²) in [5, 5.41) is 56.9. The van der Waals surface area contributed by atoms with Crippen molar-refractivity contribution >= 4 is 11.9 Å². The fourth-order valence-corrected chi connectivity index (χ4v) is 9.01. The zero-order valence-electron chi connectivity index (χ0n) is 49.7. The maximum atomic E-state index is 13.4. The average molecular weight is 1100 g/mol. The maximum absolute atomic E-state index is 13.4. The number of aliphatic hydroxyl groups excluding tert-OH is 5. The molecule has 8 atom stereocenters. The predicted octanol–water partition coefficient (Wildman–Crippen LogP) is 15.1. The van der Waals surface area contributed by atoms with Gasteiger partial charge in [-0.2, -0.15) is 0 Å². The zero-order valence-corrected chi connectivity index (χ0v) is 49.7. The molecule has 1 rings (SSSR count). The number of hydrogen-bond donors (Lipinski definition) is 6. The lowest BCUT2D eigenvalue weighted by Gasteiger charge is -2.41. The van der Waals surface area contributed by atoms with Gasteiger partial charge < -0.3 is 45.1 Å². The van der Waals surface area contributed by atoms with Crippen LogP contribution in [0, 0.1) is 0 Å². The Morgan fingerprint density at radius 3 is 1.51 bits per heavy atom. The Morgan fingerprint density at radius 1 is 0.519 bits per heavy atom. The number of unbranched alkanes of at least 4 members (excludes halogenated alkanes) is 23. The van der Waals surface area contributed by atoms with E-state index < -0.39 is 67.4 Å². The van der Waals surface area contributed by atoms with Gasteiger partial charge in [0.15, 0.2) is 12.4 Å². The van der Waals surface area contributed by atoms with Crippen LogP contribution < -0.4 is 5.32 Å². The Balaban J connectivity index is 2.70. The summed E-state index contributed by atoms with van der Waals surface area (Å²) in [5.41, 5.74) is 0. The normalized spacial score (nSPS) is 19.7. The highest BCUT2D eigenvalue weighted by Gasteiger charge is 2.47. The highest BCUT2D eigenvalue weighted by Crippen LogP contribution is 2.26. The molecule has 0 aromatic rings. The van der Waals surface area contributed by atoms with Crippen LogP contribution in [0.25, 0.3) is 0 Å². The van der Waals surface area contributed by atoms with Crippen molar-refractivity contribution in [3.05, 3.63) is 122 Å². The monoisotopic (exact) mass is 1100 g/mol. The molecule has 6 N–H and O–H groups in total. The number of carbonyl (C=O) groups excluding carboxylic acids is 2. The van der Waals surface area contributed by atoms with Crippen LogP contribution in [0.5, 0.6) is 0 Å². The van der Waals surface area contributed by atoms with Crippen LogP contribution in [0.15, 0.2) is 122 Å². The SMILES string of the molecule is CC/C=C/C=C/C=C\C=C/C=C/CCCCC(O)C(=O)NC(COC1OC(CO)C(O)C(O)C1OC(=O)CCCCCCCCC/C=C\C/C=C\C/C=C\C/C=C\CCCCC)C(O)/C=C/CCCCCCCCCCCCC. The summed E-state index contributed by atoms with van der Waals surface area (Å²) >= 11 is 0. The van der Waals surface area contributed by atoms with E-state index in [0.29, 0.717) is 12.8 Å². The summed E-state index contributed by atoms with van der Waals surface area (Å²) in [6, 6.07) is -1.06. The van der Waals surface area contributed by atoms with E-state index in [1.165, 1.54) is 77.0 Å². The lowest BCUT2D eigenvalue weighted by Crippen LogP contribution is -2.61. The van der Waals surface area contributed by atoms with Gasteiger partial charge in [0.05, 0.1) is 25.4 Å². The molecule has 1 heterocycles. The topological polar surface area (TPSA) is 175 Å². The van der Waals surface area contributed by atoms with E-state index in [1.54, 1.807) is 6.08 Å². The molecule has 11 heteroatoms. The molecule has 1 aliphatic heterocycles. The van der Waals surface area contributed by atoms with Crippen molar-refractivity contribution in [3.63, 3.8) is 0 Å². The summed E-state index contributed by atoms with van der Waals surface area (Å²) in [6.07, 6.45) is 65.2. The van der Waals surface area contributed by atoms with Gasteiger partial charge in [-0.25, -0.2) is 0 Å². The van der Waals surface area contributed by atoms with Gasteiger partial charge in [0.1, 0.15) is 24.4 Å². The van der Waals surface area contributed by atoms with E-state index in [9.17, 15) is 35.1 Å². The minimum Gasteiger partial charge on any atom is -0.454 e. The third-order valence-electron chi connectivity index (χ3n) is 14.0. The van der Waals surface area contributed by atoms with Crippen molar-refractivity contribution in [3.8, 4) is 0 Å². The van der Waals surface area contributed by atoms with E-state index in [1.807, 2.05) is 60.8 Å². The maximum Gasteiger partial charge on any atom is 0.306 e. The minimum absolute atomic E-state index is 0.0985. The van der Waals surface area contributed by atoms with Gasteiger partial charge in [-0.15, -0.1) is 0 Å². The van der Waals surface area contributed by atoms with Crippen LogP contribution in [0.3, 0.4) is 0 Å². The number of rotatable bonds is 51. The summed E-state index contributed by atoms with van der Waals surface area (Å²) in [4.78, 5) is 26.5. The molecule has 0 saturated carbocycles. The van der Waals surface area contributed by atoms with Crippen molar-refractivity contribution in [2.75, 3.05) is 13.2 Å². The van der Waals surface area contributed by atoms with Gasteiger partial charge in [-0.05, 0) is 89.9 Å². The molecule has 450 valence electrons. The number of hydrogen-bond acceptors (Lipinski definition) is 10. The van der Waals surface area contributed by atoms with Crippen LogP contribution in [-0.2, 0) is 23.8 Å². The summed E-state index contributed by atoms with van der Waals surface area (Å²) in [7, 11) is 0. The Labute approximate surface area is 480 Å². The number of allylic oxidation sites excluding steroid dienone is 19. The minimum atomic E-state index is -1.63. The van der Waals surface area contributed by atoms with E-state index in [4.69, 9.17) is 14.2 Å². The first-order valence-electron chi connectivity index (χ1n) is 31.4. The van der Waals surface area contributed by atoms with Crippen LogP contribution in [0.4, 0.5) is 0 Å². The van der Waals surface area contributed by atoms with Crippen molar-refractivity contribution in [1.82, 2.24) is 5.32 Å². The third kappa shape index (κ3) is 42.6. The van der Waals surface area contributed by atoms with Crippen molar-refractivity contribution in [2.24, 2.45) is 0 Å². The lowest BCUT2D eigenvalue weighted by molar-refractivity contribution is -0.305. The Bertz CT molecular complexity index is 1740. The second-order valence-corrected chi connectivity index (χ2v) is 21.2. The largest absolute Gasteiger partial charge is 0.454 e. The number of ether oxygens (including phenoxy) is 3. The molecule has 0 spiro atoms. The van der Waals surface area contributed by atoms with E-state index >= 15 is 0 Å². The Morgan fingerprint density at radius 2 is 0.962 bits per heavy atom. The number of nitrogens with one attached hydrogen (secondary N) is 1. The number of esters is 1. The Kier molecular flexibility index (Phi) is 50.5. The molecule has 1 saturated heterocycles. The molecule has 0 aromatic heterocycles. The first kappa shape index (κ1) is 73.1. The molecule has 1 aliphatic rings. The highest BCUT2D eigenvalue weighted by molar-refractivity contribution is 5.80. The average Bonchev–Trinajstić information content (AvgIpc) is 3.49. The van der Waals surface area contributed by atoms with Gasteiger partial charge in [-0.1, -0.05) is 258 Å². The van der Waals surface area contributed by atoms with E-state index in [-0.39, 0.29) is 19.4 Å². The van der Waals surface area contributed by atoms with E-state index in [2.05, 4.69) is 80.8 Å². The molecule has 8 unspecified atom stereocenters. The Hall–Kier alpha value is -3.94. The van der Waals surface area contributed by atoms with E-state index in [0.717, 1.165) is 109 Å². The number of carbonyl (C=O) groups is 2. The van der Waals surface area contributed by atoms with Crippen molar-refractivity contribution in [2.45, 2.75) is 282 Å². The summed E-state index contributed by atoms with van der Waals surface area (Å²) < 4.78 is 17.6. The molecule has 0 aromatic carbocycles. The standard InChI is InChI=1S/C68H113NO10/c1-4-7-10-13-16-19-22-25-27-28-29-30-31-32-33-34-35-38-41-44-47-50-53-56-63(73)79-66-65(75)64(74)62(57-70)78-68(66)77-58-59(60(71)54-51-48-45-42-39-36-24-21-18-15-12-9-6-3)69-67(76)61(72)55-52-49-46-43-40-37-26-23-20-17-14-11-8-5-2/h8,11,14,16-17,19-20,23,25-27,29-30,32-33,37,40,43,51,54,59-62,64-66,68,70-72,74-75H,4-7,9-10,12-13,15,18,21-22,24,28,31,34-36,38-39,41-42,44-50,52-53,55-58H2,1-3H3,(H,69,76)/b11-8+,17-14+,19-16-,23-20-,27-25-,30-29-,33-32-,37-26-,43-40+,54-51+.